The molecule has 2 heterocycles. The highest BCUT2D eigenvalue weighted by Crippen LogP contribution is 2.32. The number of phenolic OH excluding ortho intramolecular Hbond substituents is 1. The van der Waals surface area contributed by atoms with Crippen molar-refractivity contribution in [1.82, 2.24) is 14.5 Å². The molecule has 0 saturated carbocycles. The Morgan fingerprint density at radius 1 is 1.03 bits per heavy atom. The van der Waals surface area contributed by atoms with E-state index in [1.54, 1.807) is 28.6 Å². The van der Waals surface area contributed by atoms with Crippen LogP contribution in [0, 0.1) is 13.8 Å². The number of nitrogens with one attached hydrogen (secondary N) is 2. The van der Waals surface area contributed by atoms with Crippen LogP contribution in [0.5, 0.6) is 5.75 Å². The summed E-state index contributed by atoms with van der Waals surface area (Å²) >= 11 is 0. The minimum atomic E-state index is -3.54. The summed E-state index contributed by atoms with van der Waals surface area (Å²) in [5.41, 5.74) is 3.52. The van der Waals surface area contributed by atoms with Crippen molar-refractivity contribution in [1.29, 1.82) is 0 Å². The summed E-state index contributed by atoms with van der Waals surface area (Å²) in [5, 5.41) is 19.9. The molecule has 8 nitrogen and oxygen atoms in total. The van der Waals surface area contributed by atoms with Crippen molar-refractivity contribution in [2.24, 2.45) is 0 Å². The zero-order valence-corrected chi connectivity index (χ0v) is 19.6. The first-order valence-electron chi connectivity index (χ1n) is 11.0. The van der Waals surface area contributed by atoms with Gasteiger partial charge in [-0.3, -0.25) is 9.89 Å². The summed E-state index contributed by atoms with van der Waals surface area (Å²) < 4.78 is 27.4. The van der Waals surface area contributed by atoms with Gasteiger partial charge in [0, 0.05) is 24.3 Å². The Kier molecular flexibility index (Phi) is 6.53. The zero-order valence-electron chi connectivity index (χ0n) is 18.8. The average Bonchev–Trinajstić information content (AvgIpc) is 3.07. The lowest BCUT2D eigenvalue weighted by atomic mass is 10.0. The molecule has 33 heavy (non-hydrogen) atoms. The number of carbonyl (C=O) groups excluding carboxylic acids is 1. The van der Waals surface area contributed by atoms with E-state index in [0.29, 0.717) is 30.0 Å². The molecule has 0 atom stereocenters. The Balaban J connectivity index is 1.48. The van der Waals surface area contributed by atoms with E-state index >= 15 is 0 Å². The van der Waals surface area contributed by atoms with Crippen LogP contribution in [0.3, 0.4) is 0 Å². The zero-order chi connectivity index (χ0) is 23.6. The fourth-order valence-electron chi connectivity index (χ4n) is 4.18. The topological polar surface area (TPSA) is 115 Å². The van der Waals surface area contributed by atoms with E-state index < -0.39 is 15.9 Å². The molecule has 0 radical (unpaired) electrons. The molecule has 0 unspecified atom stereocenters. The Morgan fingerprint density at radius 2 is 1.70 bits per heavy atom. The molecule has 1 aliphatic rings. The van der Waals surface area contributed by atoms with Crippen LogP contribution in [0.15, 0.2) is 47.4 Å². The molecule has 0 aliphatic carbocycles. The van der Waals surface area contributed by atoms with E-state index in [1.807, 2.05) is 19.9 Å². The van der Waals surface area contributed by atoms with Crippen LogP contribution < -0.4 is 5.32 Å². The van der Waals surface area contributed by atoms with Crippen LogP contribution in [-0.2, 0) is 10.0 Å². The molecule has 0 spiro atoms. The van der Waals surface area contributed by atoms with Gasteiger partial charge in [0.05, 0.1) is 10.6 Å². The SMILES string of the molecule is Cc1cc(C)c(-c2cc(C(=O)Nc3ccc(S(=O)(=O)N4CCCCCC4)cc3)[nH]n2)c(O)c1. The van der Waals surface area contributed by atoms with Crippen LogP contribution in [-0.4, -0.2) is 47.0 Å². The molecule has 1 aliphatic heterocycles. The Hall–Kier alpha value is -3.17. The number of amides is 1. The Bertz CT molecular complexity index is 1230. The van der Waals surface area contributed by atoms with Crippen LogP contribution in [0.1, 0.15) is 47.3 Å². The second kappa shape index (κ2) is 9.36. The minimum Gasteiger partial charge on any atom is -0.507 e. The number of hydrogen-bond donors (Lipinski definition) is 3. The molecule has 2 aromatic carbocycles. The molecule has 1 amide bonds. The molecule has 3 N–H and O–H groups in total. The number of nitrogens with zero attached hydrogens (tertiary/aromatic N) is 2. The first-order valence-corrected chi connectivity index (χ1v) is 12.5. The summed E-state index contributed by atoms with van der Waals surface area (Å²) in [7, 11) is -3.54. The molecular weight excluding hydrogens is 440 g/mol. The predicted octanol–water partition coefficient (Wildman–Crippen LogP) is 4.22. The third-order valence-electron chi connectivity index (χ3n) is 5.85. The highest BCUT2D eigenvalue weighted by Gasteiger charge is 2.25. The Morgan fingerprint density at radius 3 is 2.33 bits per heavy atom. The van der Waals surface area contributed by atoms with Gasteiger partial charge in [-0.1, -0.05) is 18.9 Å². The Labute approximate surface area is 193 Å². The van der Waals surface area contributed by atoms with Crippen molar-refractivity contribution in [3.63, 3.8) is 0 Å². The summed E-state index contributed by atoms with van der Waals surface area (Å²) in [4.78, 5) is 12.9. The molecule has 1 aromatic heterocycles. The van der Waals surface area contributed by atoms with Gasteiger partial charge in [-0.15, -0.1) is 0 Å². The maximum Gasteiger partial charge on any atom is 0.273 e. The third-order valence-corrected chi connectivity index (χ3v) is 7.77. The number of H-pyrrole nitrogens is 1. The van der Waals surface area contributed by atoms with Gasteiger partial charge in [0.15, 0.2) is 0 Å². The lowest BCUT2D eigenvalue weighted by Gasteiger charge is -2.20. The van der Waals surface area contributed by atoms with Crippen molar-refractivity contribution in [3.05, 3.63) is 59.3 Å². The lowest BCUT2D eigenvalue weighted by Crippen LogP contribution is -2.31. The van der Waals surface area contributed by atoms with Gasteiger partial charge in [0.25, 0.3) is 5.91 Å². The van der Waals surface area contributed by atoms with Crippen LogP contribution in [0.4, 0.5) is 5.69 Å². The maximum atomic E-state index is 12.9. The van der Waals surface area contributed by atoms with Crippen LogP contribution in [0.25, 0.3) is 11.3 Å². The third kappa shape index (κ3) is 4.94. The van der Waals surface area contributed by atoms with Crippen molar-refractivity contribution in [2.45, 2.75) is 44.4 Å². The van der Waals surface area contributed by atoms with Crippen molar-refractivity contribution < 1.29 is 18.3 Å². The maximum absolute atomic E-state index is 12.9. The molecule has 174 valence electrons. The number of rotatable bonds is 5. The quantitative estimate of drug-likeness (QED) is 0.519. The van der Waals surface area contributed by atoms with Crippen molar-refractivity contribution in [2.75, 3.05) is 18.4 Å². The van der Waals surface area contributed by atoms with E-state index in [9.17, 15) is 18.3 Å². The lowest BCUT2D eigenvalue weighted by molar-refractivity contribution is 0.102. The summed E-state index contributed by atoms with van der Waals surface area (Å²) in [6.45, 7) is 4.85. The van der Waals surface area contributed by atoms with Crippen LogP contribution >= 0.6 is 0 Å². The number of anilines is 1. The van der Waals surface area contributed by atoms with Gasteiger partial charge in [-0.2, -0.15) is 9.40 Å². The highest BCUT2D eigenvalue weighted by molar-refractivity contribution is 7.89. The molecular formula is C24H28N4O4S. The normalized spacial score (nSPS) is 15.2. The second-order valence-corrected chi connectivity index (χ2v) is 10.4. The molecule has 0 bridgehead atoms. The van der Waals surface area contributed by atoms with Crippen LogP contribution in [0.2, 0.25) is 0 Å². The van der Waals surface area contributed by atoms with Crippen molar-refractivity contribution >= 4 is 21.6 Å². The molecule has 1 saturated heterocycles. The van der Waals surface area contributed by atoms with Gasteiger partial charge >= 0.3 is 0 Å². The molecule has 1 fully saturated rings. The van der Waals surface area contributed by atoms with E-state index in [4.69, 9.17) is 0 Å². The number of benzene rings is 2. The fraction of sp³-hybridized carbons (Fsp3) is 0.333. The number of aromatic amines is 1. The summed E-state index contributed by atoms with van der Waals surface area (Å²) in [6, 6.07) is 11.4. The minimum absolute atomic E-state index is 0.104. The average molecular weight is 469 g/mol. The molecule has 9 heteroatoms. The number of hydrogen-bond acceptors (Lipinski definition) is 5. The van der Waals surface area contributed by atoms with Gasteiger partial charge in [0.1, 0.15) is 11.4 Å². The van der Waals surface area contributed by atoms with Crippen molar-refractivity contribution in [3.8, 4) is 17.0 Å². The number of phenols is 1. The van der Waals surface area contributed by atoms with E-state index in [0.717, 1.165) is 36.8 Å². The van der Waals surface area contributed by atoms with Gasteiger partial charge in [-0.05, 0) is 74.2 Å². The van der Waals surface area contributed by atoms with Gasteiger partial charge in [-0.25, -0.2) is 8.42 Å². The van der Waals surface area contributed by atoms with E-state index in [2.05, 4.69) is 15.5 Å². The second-order valence-electron chi connectivity index (χ2n) is 8.44. The standard InChI is InChI=1S/C24H28N4O4S/c1-16-13-17(2)23(22(29)14-16)20-15-21(27-26-20)24(30)25-18-7-9-19(10-8-18)33(31,32)28-11-5-3-4-6-12-28/h7-10,13-15,29H,3-6,11-12H2,1-2H3,(H,25,30)(H,26,27). The molecule has 4 rings (SSSR count). The first kappa shape index (κ1) is 23.0. The number of aromatic hydroxyl groups is 1. The number of aromatic nitrogens is 2. The number of sulfonamides is 1. The number of carbonyl (C=O) groups is 1. The predicted molar refractivity (Wildman–Crippen MR) is 127 cm³/mol. The number of aryl methyl sites for hydroxylation is 2. The summed E-state index contributed by atoms with van der Waals surface area (Å²) in [6.07, 6.45) is 3.85. The first-order chi connectivity index (χ1) is 15.8. The summed E-state index contributed by atoms with van der Waals surface area (Å²) in [5.74, 6) is -0.312. The fourth-order valence-corrected chi connectivity index (χ4v) is 5.70. The highest BCUT2D eigenvalue weighted by atomic mass is 32.2. The van der Waals surface area contributed by atoms with E-state index in [-0.39, 0.29) is 16.3 Å². The van der Waals surface area contributed by atoms with Gasteiger partial charge < -0.3 is 10.4 Å². The monoisotopic (exact) mass is 468 g/mol. The smallest absolute Gasteiger partial charge is 0.273 e. The molecule has 3 aromatic rings. The largest absolute Gasteiger partial charge is 0.507 e. The van der Waals surface area contributed by atoms with Gasteiger partial charge in [0.2, 0.25) is 10.0 Å². The van der Waals surface area contributed by atoms with E-state index in [1.165, 1.54) is 12.1 Å².